The minimum Gasteiger partial charge on any atom is -0.377 e. The molecule has 3 nitrogen and oxygen atoms in total. The molecular formula is C11H18N2O. The van der Waals surface area contributed by atoms with Crippen LogP contribution in [0.1, 0.15) is 12.0 Å². The average Bonchev–Trinajstić information content (AvgIpc) is 2.25. The average molecular weight is 194 g/mol. The monoisotopic (exact) mass is 194 g/mol. The molecule has 0 bridgehead atoms. The van der Waals surface area contributed by atoms with Crippen molar-refractivity contribution in [2.45, 2.75) is 19.1 Å². The summed E-state index contributed by atoms with van der Waals surface area (Å²) < 4.78 is 5.46. The van der Waals surface area contributed by atoms with Crippen LogP contribution in [0.4, 0.5) is 0 Å². The summed E-state index contributed by atoms with van der Waals surface area (Å²) in [6, 6.07) is 10.2. The Morgan fingerprint density at radius 1 is 1.21 bits per heavy atom. The van der Waals surface area contributed by atoms with Crippen LogP contribution in [0.2, 0.25) is 0 Å². The van der Waals surface area contributed by atoms with Crippen molar-refractivity contribution in [2.24, 2.45) is 11.5 Å². The van der Waals surface area contributed by atoms with E-state index in [4.69, 9.17) is 16.2 Å². The molecule has 1 aromatic carbocycles. The van der Waals surface area contributed by atoms with Crippen molar-refractivity contribution in [1.82, 2.24) is 0 Å². The van der Waals surface area contributed by atoms with Crippen molar-refractivity contribution in [3.63, 3.8) is 0 Å². The lowest BCUT2D eigenvalue weighted by Gasteiger charge is -2.08. The molecule has 0 unspecified atom stereocenters. The molecule has 0 amide bonds. The zero-order chi connectivity index (χ0) is 10.2. The second kappa shape index (κ2) is 6.54. The van der Waals surface area contributed by atoms with Gasteiger partial charge >= 0.3 is 0 Å². The van der Waals surface area contributed by atoms with Gasteiger partial charge in [0.25, 0.3) is 0 Å². The van der Waals surface area contributed by atoms with E-state index in [0.717, 1.165) is 6.42 Å². The van der Waals surface area contributed by atoms with Crippen molar-refractivity contribution in [2.75, 3.05) is 13.2 Å². The van der Waals surface area contributed by atoms with E-state index in [9.17, 15) is 0 Å². The van der Waals surface area contributed by atoms with Crippen LogP contribution in [0, 0.1) is 0 Å². The Morgan fingerprint density at radius 2 is 1.93 bits per heavy atom. The number of hydrogen-bond acceptors (Lipinski definition) is 3. The first-order valence-electron chi connectivity index (χ1n) is 4.90. The van der Waals surface area contributed by atoms with E-state index in [0.29, 0.717) is 19.8 Å². The van der Waals surface area contributed by atoms with Gasteiger partial charge in [0.2, 0.25) is 0 Å². The molecule has 0 radical (unpaired) electrons. The molecule has 14 heavy (non-hydrogen) atoms. The summed E-state index contributed by atoms with van der Waals surface area (Å²) in [6.07, 6.45) is 0.823. The number of rotatable bonds is 6. The lowest BCUT2D eigenvalue weighted by Crippen LogP contribution is -2.30. The summed E-state index contributed by atoms with van der Waals surface area (Å²) in [6.45, 7) is 1.85. The summed E-state index contributed by atoms with van der Waals surface area (Å²) in [7, 11) is 0. The summed E-state index contributed by atoms with van der Waals surface area (Å²) in [5.74, 6) is 0. The van der Waals surface area contributed by atoms with Crippen LogP contribution in [0.3, 0.4) is 0 Å². The van der Waals surface area contributed by atoms with Crippen molar-refractivity contribution in [1.29, 1.82) is 0 Å². The minimum absolute atomic E-state index is 0.0609. The number of nitrogens with two attached hydrogens (primary N) is 2. The summed E-state index contributed by atoms with van der Waals surface area (Å²) in [4.78, 5) is 0. The number of ether oxygens (including phenoxy) is 1. The molecule has 0 saturated carbocycles. The summed E-state index contributed by atoms with van der Waals surface area (Å²) >= 11 is 0. The molecule has 1 atom stereocenters. The van der Waals surface area contributed by atoms with E-state index in [1.807, 2.05) is 30.3 Å². The SMILES string of the molecule is NC[C@H](N)CCOCc1ccccc1. The van der Waals surface area contributed by atoms with Crippen LogP contribution < -0.4 is 11.5 Å². The molecule has 0 aromatic heterocycles. The first-order valence-corrected chi connectivity index (χ1v) is 4.90. The maximum atomic E-state index is 5.65. The fourth-order valence-electron chi connectivity index (χ4n) is 1.12. The molecule has 3 heteroatoms. The van der Waals surface area contributed by atoms with E-state index in [2.05, 4.69) is 0 Å². The Balaban J connectivity index is 2.10. The third kappa shape index (κ3) is 4.37. The standard InChI is InChI=1S/C11H18N2O/c12-8-11(13)6-7-14-9-10-4-2-1-3-5-10/h1-5,11H,6-9,12-13H2/t11-/m1/s1. The van der Waals surface area contributed by atoms with Crippen molar-refractivity contribution in [3.05, 3.63) is 35.9 Å². The van der Waals surface area contributed by atoms with Gasteiger partial charge in [-0.05, 0) is 12.0 Å². The van der Waals surface area contributed by atoms with Crippen LogP contribution in [0.15, 0.2) is 30.3 Å². The molecular weight excluding hydrogens is 176 g/mol. The van der Waals surface area contributed by atoms with Gasteiger partial charge in [0.15, 0.2) is 0 Å². The van der Waals surface area contributed by atoms with Crippen LogP contribution in [0.5, 0.6) is 0 Å². The zero-order valence-electron chi connectivity index (χ0n) is 8.36. The van der Waals surface area contributed by atoms with E-state index in [-0.39, 0.29) is 6.04 Å². The highest BCUT2D eigenvalue weighted by atomic mass is 16.5. The van der Waals surface area contributed by atoms with E-state index < -0.39 is 0 Å². The Kier molecular flexibility index (Phi) is 5.22. The fraction of sp³-hybridized carbons (Fsp3) is 0.455. The summed E-state index contributed by atoms with van der Waals surface area (Å²) in [5, 5.41) is 0. The zero-order valence-corrected chi connectivity index (χ0v) is 8.36. The van der Waals surface area contributed by atoms with Crippen LogP contribution >= 0.6 is 0 Å². The lowest BCUT2D eigenvalue weighted by molar-refractivity contribution is 0.114. The van der Waals surface area contributed by atoms with E-state index in [1.54, 1.807) is 0 Å². The molecule has 4 N–H and O–H groups in total. The van der Waals surface area contributed by atoms with Gasteiger partial charge in [-0.25, -0.2) is 0 Å². The largest absolute Gasteiger partial charge is 0.377 e. The molecule has 0 saturated heterocycles. The van der Waals surface area contributed by atoms with Crippen LogP contribution in [0.25, 0.3) is 0 Å². The first kappa shape index (κ1) is 11.2. The van der Waals surface area contributed by atoms with Gasteiger partial charge in [-0.3, -0.25) is 0 Å². The Hall–Kier alpha value is -0.900. The minimum atomic E-state index is 0.0609. The predicted octanol–water partition coefficient (Wildman–Crippen LogP) is 0.879. The second-order valence-electron chi connectivity index (χ2n) is 3.32. The van der Waals surface area contributed by atoms with Crippen molar-refractivity contribution in [3.8, 4) is 0 Å². The highest BCUT2D eigenvalue weighted by Crippen LogP contribution is 2.00. The van der Waals surface area contributed by atoms with Crippen molar-refractivity contribution < 1.29 is 4.74 Å². The summed E-state index contributed by atoms with van der Waals surface area (Å²) in [5.41, 5.74) is 12.2. The maximum absolute atomic E-state index is 5.65. The molecule has 1 aromatic rings. The molecule has 0 aliphatic heterocycles. The van der Waals surface area contributed by atoms with Gasteiger partial charge in [0.1, 0.15) is 0 Å². The van der Waals surface area contributed by atoms with Gasteiger partial charge in [-0.1, -0.05) is 30.3 Å². The lowest BCUT2D eigenvalue weighted by atomic mass is 10.2. The van der Waals surface area contributed by atoms with Crippen LogP contribution in [-0.4, -0.2) is 19.2 Å². The van der Waals surface area contributed by atoms with Gasteiger partial charge in [-0.2, -0.15) is 0 Å². The molecule has 0 spiro atoms. The van der Waals surface area contributed by atoms with Crippen LogP contribution in [-0.2, 0) is 11.3 Å². The number of hydrogen-bond donors (Lipinski definition) is 2. The smallest absolute Gasteiger partial charge is 0.0716 e. The molecule has 78 valence electrons. The highest BCUT2D eigenvalue weighted by Gasteiger charge is 1.98. The highest BCUT2D eigenvalue weighted by molar-refractivity contribution is 5.13. The van der Waals surface area contributed by atoms with E-state index in [1.165, 1.54) is 5.56 Å². The Labute approximate surface area is 85.0 Å². The fourth-order valence-corrected chi connectivity index (χ4v) is 1.12. The third-order valence-corrected chi connectivity index (χ3v) is 2.05. The van der Waals surface area contributed by atoms with Gasteiger partial charge in [0, 0.05) is 19.2 Å². The first-order chi connectivity index (χ1) is 6.83. The predicted molar refractivity (Wildman–Crippen MR) is 57.7 cm³/mol. The number of benzene rings is 1. The molecule has 0 aliphatic carbocycles. The molecule has 0 heterocycles. The molecule has 1 rings (SSSR count). The van der Waals surface area contributed by atoms with Crippen molar-refractivity contribution >= 4 is 0 Å². The maximum Gasteiger partial charge on any atom is 0.0716 e. The Bertz CT molecular complexity index is 238. The van der Waals surface area contributed by atoms with Gasteiger partial charge in [0.05, 0.1) is 6.61 Å². The quantitative estimate of drug-likeness (QED) is 0.661. The molecule has 0 aliphatic rings. The van der Waals surface area contributed by atoms with E-state index >= 15 is 0 Å². The Morgan fingerprint density at radius 3 is 2.57 bits per heavy atom. The van der Waals surface area contributed by atoms with Gasteiger partial charge in [-0.15, -0.1) is 0 Å². The molecule has 0 fully saturated rings. The second-order valence-corrected chi connectivity index (χ2v) is 3.32. The topological polar surface area (TPSA) is 61.3 Å². The van der Waals surface area contributed by atoms with Gasteiger partial charge < -0.3 is 16.2 Å². The normalized spacial score (nSPS) is 12.7. The third-order valence-electron chi connectivity index (χ3n) is 2.05.